The Balaban J connectivity index is 2.15. The summed E-state index contributed by atoms with van der Waals surface area (Å²) < 4.78 is 6.21. The fraction of sp³-hybridized carbons (Fsp3) is 0.588. The van der Waals surface area contributed by atoms with Crippen LogP contribution in [0.1, 0.15) is 51.3 Å². The first-order chi connectivity index (χ1) is 9.31. The molecule has 1 aromatic carbocycles. The number of hydrogen-bond donors (Lipinski definition) is 0. The Labute approximate surface area is 126 Å². The van der Waals surface area contributed by atoms with Crippen LogP contribution in [0.5, 0.6) is 5.75 Å². The molecule has 3 rings (SSSR count). The van der Waals surface area contributed by atoms with Gasteiger partial charge in [0.15, 0.2) is 0 Å². The van der Waals surface area contributed by atoms with Gasteiger partial charge in [0.25, 0.3) is 0 Å². The normalized spacial score (nSPS) is 21.2. The summed E-state index contributed by atoms with van der Waals surface area (Å²) in [7, 11) is 0. The summed E-state index contributed by atoms with van der Waals surface area (Å²) in [5.41, 5.74) is 4.03. The van der Waals surface area contributed by atoms with Gasteiger partial charge in [-0.1, -0.05) is 6.92 Å². The predicted molar refractivity (Wildman–Crippen MR) is 86.6 cm³/mol. The maximum Gasteiger partial charge on any atom is 0.137 e. The van der Waals surface area contributed by atoms with Gasteiger partial charge in [-0.2, -0.15) is 0 Å². The van der Waals surface area contributed by atoms with Crippen LogP contribution in [0.3, 0.4) is 0 Å². The van der Waals surface area contributed by atoms with E-state index >= 15 is 0 Å². The van der Waals surface area contributed by atoms with E-state index in [2.05, 4.69) is 46.9 Å². The number of thioether (sulfide) groups is 1. The first kappa shape index (κ1) is 14.0. The number of ether oxygens (including phenoxy) is 1. The van der Waals surface area contributed by atoms with Crippen LogP contribution in [-0.2, 0) is 12.8 Å². The highest BCUT2D eigenvalue weighted by molar-refractivity contribution is 7.99. The number of hydrogen-bond acceptors (Lipinski definition) is 3. The summed E-state index contributed by atoms with van der Waals surface area (Å²) in [5.74, 6) is 2.18. The van der Waals surface area contributed by atoms with E-state index in [-0.39, 0.29) is 11.1 Å². The molecule has 0 aromatic heterocycles. The van der Waals surface area contributed by atoms with Gasteiger partial charge in [-0.25, -0.2) is 0 Å². The molecule has 2 nitrogen and oxygen atoms in total. The lowest BCUT2D eigenvalue weighted by molar-refractivity contribution is 0.135. The molecule has 2 aliphatic heterocycles. The fourth-order valence-electron chi connectivity index (χ4n) is 3.11. The van der Waals surface area contributed by atoms with E-state index in [1.165, 1.54) is 21.6 Å². The maximum atomic E-state index is 6.21. The molecule has 3 heteroatoms. The standard InChI is InChI=1S/C17H23NOS/c1-6-20-14-7-11-8-16(2,3)18-10-13(11)12-9-17(4,5)19-15(12)14/h7,10H,6,8-9H2,1-5H3. The topological polar surface area (TPSA) is 21.6 Å². The Morgan fingerprint density at radius 1 is 1.25 bits per heavy atom. The molecule has 0 atom stereocenters. The second-order valence-electron chi connectivity index (χ2n) is 6.97. The molecule has 0 aliphatic carbocycles. The minimum atomic E-state index is -0.0959. The second kappa shape index (κ2) is 4.52. The van der Waals surface area contributed by atoms with Crippen molar-refractivity contribution >= 4 is 18.0 Å². The molecule has 0 radical (unpaired) electrons. The van der Waals surface area contributed by atoms with Crippen LogP contribution < -0.4 is 4.74 Å². The molecular formula is C17H23NOS. The predicted octanol–water partition coefficient (Wildman–Crippen LogP) is 4.27. The third-order valence-electron chi connectivity index (χ3n) is 3.92. The summed E-state index contributed by atoms with van der Waals surface area (Å²) in [6, 6.07) is 2.33. The largest absolute Gasteiger partial charge is 0.486 e. The van der Waals surface area contributed by atoms with Gasteiger partial charge in [0.1, 0.15) is 11.4 Å². The molecule has 0 spiro atoms. The Bertz CT molecular complexity index is 587. The SMILES string of the molecule is CCSc1cc2c(c3c1OC(C)(C)C3)C=NC(C)(C)C2. The van der Waals surface area contributed by atoms with Gasteiger partial charge in [-0.3, -0.25) is 4.99 Å². The highest BCUT2D eigenvalue weighted by Gasteiger charge is 2.36. The molecule has 20 heavy (non-hydrogen) atoms. The lowest BCUT2D eigenvalue weighted by Gasteiger charge is -2.27. The molecule has 1 aromatic rings. The Hall–Kier alpha value is -0.960. The molecule has 0 bridgehead atoms. The van der Waals surface area contributed by atoms with Gasteiger partial charge >= 0.3 is 0 Å². The van der Waals surface area contributed by atoms with E-state index in [1.54, 1.807) is 0 Å². The molecule has 0 unspecified atom stereocenters. The second-order valence-corrected chi connectivity index (χ2v) is 8.28. The van der Waals surface area contributed by atoms with Crippen molar-refractivity contribution in [1.29, 1.82) is 0 Å². The number of benzene rings is 1. The minimum Gasteiger partial charge on any atom is -0.486 e. The van der Waals surface area contributed by atoms with Crippen LogP contribution in [0, 0.1) is 0 Å². The zero-order valence-electron chi connectivity index (χ0n) is 13.0. The van der Waals surface area contributed by atoms with Crippen molar-refractivity contribution in [3.63, 3.8) is 0 Å². The van der Waals surface area contributed by atoms with Crippen LogP contribution in [0.4, 0.5) is 0 Å². The summed E-state index contributed by atoms with van der Waals surface area (Å²) in [4.78, 5) is 6.02. The van der Waals surface area contributed by atoms with Crippen LogP contribution in [-0.4, -0.2) is 23.1 Å². The van der Waals surface area contributed by atoms with Crippen LogP contribution in [0.2, 0.25) is 0 Å². The van der Waals surface area contributed by atoms with Crippen LogP contribution in [0.15, 0.2) is 16.0 Å². The van der Waals surface area contributed by atoms with Gasteiger partial charge in [-0.05, 0) is 51.5 Å². The van der Waals surface area contributed by atoms with Crippen molar-refractivity contribution in [2.75, 3.05) is 5.75 Å². The fourth-order valence-corrected chi connectivity index (χ4v) is 3.95. The third kappa shape index (κ3) is 2.37. The van der Waals surface area contributed by atoms with E-state index in [1.807, 2.05) is 11.8 Å². The molecule has 2 aliphatic rings. The van der Waals surface area contributed by atoms with Crippen molar-refractivity contribution in [3.8, 4) is 5.75 Å². The number of fused-ring (bicyclic) bond motifs is 3. The minimum absolute atomic E-state index is 0.0182. The third-order valence-corrected chi connectivity index (χ3v) is 4.82. The zero-order chi connectivity index (χ0) is 14.5. The van der Waals surface area contributed by atoms with Gasteiger partial charge < -0.3 is 4.74 Å². The number of rotatable bonds is 2. The molecular weight excluding hydrogens is 266 g/mol. The van der Waals surface area contributed by atoms with Crippen molar-refractivity contribution < 1.29 is 4.74 Å². The molecule has 0 saturated carbocycles. The zero-order valence-corrected chi connectivity index (χ0v) is 13.9. The molecule has 2 heterocycles. The highest BCUT2D eigenvalue weighted by atomic mass is 32.2. The van der Waals surface area contributed by atoms with Gasteiger partial charge in [0, 0.05) is 28.7 Å². The molecule has 0 saturated heterocycles. The van der Waals surface area contributed by atoms with E-state index < -0.39 is 0 Å². The van der Waals surface area contributed by atoms with E-state index in [0.717, 1.165) is 24.3 Å². The average molecular weight is 289 g/mol. The summed E-state index contributed by atoms with van der Waals surface area (Å²) in [6.07, 6.45) is 4.07. The van der Waals surface area contributed by atoms with Gasteiger partial charge in [0.05, 0.1) is 5.54 Å². The Morgan fingerprint density at radius 2 is 2.00 bits per heavy atom. The van der Waals surface area contributed by atoms with Gasteiger partial charge in [-0.15, -0.1) is 11.8 Å². The average Bonchev–Trinajstić information content (AvgIpc) is 2.64. The van der Waals surface area contributed by atoms with Crippen LogP contribution in [0.25, 0.3) is 0 Å². The van der Waals surface area contributed by atoms with Crippen molar-refractivity contribution in [2.24, 2.45) is 4.99 Å². The summed E-state index contributed by atoms with van der Waals surface area (Å²) >= 11 is 1.88. The molecule has 0 fully saturated rings. The quantitative estimate of drug-likeness (QED) is 0.759. The molecule has 108 valence electrons. The smallest absolute Gasteiger partial charge is 0.137 e. The Kier molecular flexibility index (Phi) is 3.16. The monoisotopic (exact) mass is 289 g/mol. The Morgan fingerprint density at radius 3 is 2.70 bits per heavy atom. The van der Waals surface area contributed by atoms with Crippen molar-refractivity contribution in [1.82, 2.24) is 0 Å². The first-order valence-corrected chi connectivity index (χ1v) is 8.36. The van der Waals surface area contributed by atoms with Crippen molar-refractivity contribution in [3.05, 3.63) is 22.8 Å². The maximum absolute atomic E-state index is 6.21. The van der Waals surface area contributed by atoms with E-state index in [4.69, 9.17) is 9.73 Å². The number of aliphatic imine (C=N–C) groups is 1. The summed E-state index contributed by atoms with van der Waals surface area (Å²) in [5, 5.41) is 0. The summed E-state index contributed by atoms with van der Waals surface area (Å²) in [6.45, 7) is 10.9. The van der Waals surface area contributed by atoms with Crippen molar-refractivity contribution in [2.45, 2.75) is 63.5 Å². The first-order valence-electron chi connectivity index (χ1n) is 7.37. The number of nitrogens with zero attached hydrogens (tertiary/aromatic N) is 1. The van der Waals surface area contributed by atoms with E-state index in [9.17, 15) is 0 Å². The van der Waals surface area contributed by atoms with Crippen LogP contribution >= 0.6 is 11.8 Å². The van der Waals surface area contributed by atoms with Gasteiger partial charge in [0.2, 0.25) is 0 Å². The molecule has 0 N–H and O–H groups in total. The molecule has 0 amide bonds. The lowest BCUT2D eigenvalue weighted by atomic mass is 9.86. The lowest BCUT2D eigenvalue weighted by Crippen LogP contribution is -2.26. The van der Waals surface area contributed by atoms with E-state index in [0.29, 0.717) is 0 Å². The highest BCUT2D eigenvalue weighted by Crippen LogP contribution is 2.46.